The predicted octanol–water partition coefficient (Wildman–Crippen LogP) is 8.33. The first-order valence-electron chi connectivity index (χ1n) is 15.2. The molecule has 0 fully saturated rings. The van der Waals surface area contributed by atoms with Crippen molar-refractivity contribution in [2.75, 3.05) is 14.2 Å². The highest BCUT2D eigenvalue weighted by Crippen LogP contribution is 2.53. The highest BCUT2D eigenvalue weighted by Gasteiger charge is 2.39. The maximum Gasteiger partial charge on any atom is 0.338 e. The maximum atomic E-state index is 13.1. The van der Waals surface area contributed by atoms with E-state index in [-0.39, 0.29) is 56.4 Å². The number of carbonyl (C=O) groups excluding carboxylic acids is 2. The van der Waals surface area contributed by atoms with Crippen LogP contribution in [0.15, 0.2) is 83.0 Å². The molecule has 8 nitrogen and oxygen atoms in total. The molecule has 0 atom stereocenters. The zero-order valence-electron chi connectivity index (χ0n) is 27.4. The predicted molar refractivity (Wildman–Crippen MR) is 180 cm³/mol. The number of methoxy groups -OCH3 is 2. The van der Waals surface area contributed by atoms with Gasteiger partial charge >= 0.3 is 11.9 Å². The van der Waals surface area contributed by atoms with Gasteiger partial charge in [0.05, 0.1) is 36.5 Å². The summed E-state index contributed by atoms with van der Waals surface area (Å²) in [5, 5.41) is 41.9. The number of rotatable bonds is 6. The Morgan fingerprint density at radius 3 is 1.40 bits per heavy atom. The van der Waals surface area contributed by atoms with Crippen LogP contribution >= 0.6 is 0 Å². The zero-order chi connectivity index (χ0) is 34.9. The molecule has 0 radical (unpaired) electrons. The topological polar surface area (TPSA) is 148 Å². The second-order valence-corrected chi connectivity index (χ2v) is 11.9. The molecule has 8 heteroatoms. The molecule has 0 aromatic carbocycles. The van der Waals surface area contributed by atoms with E-state index in [1.54, 1.807) is 24.3 Å². The molecule has 5 rings (SSSR count). The fraction of sp³-hybridized carbons (Fsp3) is 0.200. The summed E-state index contributed by atoms with van der Waals surface area (Å²) in [6.07, 6.45) is 0. The summed E-state index contributed by atoms with van der Waals surface area (Å²) in [4.78, 5) is 26.3. The molecule has 0 amide bonds. The van der Waals surface area contributed by atoms with Crippen LogP contribution in [0.5, 0.6) is 0 Å². The van der Waals surface area contributed by atoms with Crippen molar-refractivity contribution in [1.29, 1.82) is 21.0 Å². The Kier molecular flexibility index (Phi) is 8.97. The molecule has 48 heavy (non-hydrogen) atoms. The molecule has 0 N–H and O–H groups in total. The largest absolute Gasteiger partial charge is 0.465 e. The fourth-order valence-corrected chi connectivity index (χ4v) is 6.25. The maximum absolute atomic E-state index is 13.1. The van der Waals surface area contributed by atoms with E-state index in [1.165, 1.54) is 14.2 Å². The van der Waals surface area contributed by atoms with Crippen LogP contribution in [0.1, 0.15) is 82.5 Å². The fourth-order valence-electron chi connectivity index (χ4n) is 6.25. The molecule has 0 saturated heterocycles. The smallest absolute Gasteiger partial charge is 0.338 e. The third-order valence-electron chi connectivity index (χ3n) is 8.67. The zero-order valence-corrected chi connectivity index (χ0v) is 27.4. The molecule has 0 aliphatic heterocycles. The van der Waals surface area contributed by atoms with Gasteiger partial charge in [-0.1, -0.05) is 76.2 Å². The summed E-state index contributed by atoms with van der Waals surface area (Å²) >= 11 is 0. The molecule has 0 aromatic rings. The van der Waals surface area contributed by atoms with E-state index < -0.39 is 11.9 Å². The molecular weight excluding hydrogens is 600 g/mol. The standard InChI is InChI=1S/C40H30N4O4/c1-21(2)23-9-7-11-26-28(13-23)32(39(45)47-5)15-30(26)37-34(19-43)36(25(17-41)18-42)38(35(37)20-44)31-16-33(40(46)48-6)29-14-24(22(3)4)10-8-12-27(29)31/h7-16,21-22H,1-6H3. The average Bonchev–Trinajstić information content (AvgIpc) is 3.57. The van der Waals surface area contributed by atoms with E-state index in [1.807, 2.05) is 76.2 Å². The van der Waals surface area contributed by atoms with Crippen molar-refractivity contribution in [2.45, 2.75) is 39.5 Å². The molecule has 0 unspecified atom stereocenters. The third kappa shape index (κ3) is 5.27. The van der Waals surface area contributed by atoms with Gasteiger partial charge in [-0.2, -0.15) is 21.0 Å². The van der Waals surface area contributed by atoms with E-state index in [0.717, 1.165) is 11.1 Å². The van der Waals surface area contributed by atoms with Crippen molar-refractivity contribution in [3.63, 3.8) is 0 Å². The van der Waals surface area contributed by atoms with Crippen molar-refractivity contribution in [3.8, 4) is 46.5 Å². The molecular formula is C40H30N4O4. The Balaban J connectivity index is 1.96. The lowest BCUT2D eigenvalue weighted by molar-refractivity contribution is 0.0593. The molecule has 0 spiro atoms. The van der Waals surface area contributed by atoms with E-state index in [0.29, 0.717) is 33.4 Å². The van der Waals surface area contributed by atoms with E-state index in [4.69, 9.17) is 9.47 Å². The Hall–Kier alpha value is -6.48. The van der Waals surface area contributed by atoms with Gasteiger partial charge in [-0.15, -0.1) is 0 Å². The Morgan fingerprint density at radius 1 is 0.583 bits per heavy atom. The third-order valence-corrected chi connectivity index (χ3v) is 8.67. The van der Waals surface area contributed by atoms with Crippen LogP contribution < -0.4 is 0 Å². The molecule has 0 aromatic heterocycles. The average molecular weight is 631 g/mol. The molecule has 234 valence electrons. The van der Waals surface area contributed by atoms with Gasteiger partial charge in [-0.3, -0.25) is 0 Å². The van der Waals surface area contributed by atoms with Crippen molar-refractivity contribution in [3.05, 3.63) is 116 Å². The quantitative estimate of drug-likeness (QED) is 0.152. The van der Waals surface area contributed by atoms with Crippen LogP contribution in [-0.2, 0) is 9.47 Å². The van der Waals surface area contributed by atoms with Gasteiger partial charge in [0.15, 0.2) is 0 Å². The second-order valence-electron chi connectivity index (χ2n) is 11.9. The number of hydrogen-bond donors (Lipinski definition) is 0. The van der Waals surface area contributed by atoms with Gasteiger partial charge in [0, 0.05) is 16.7 Å². The Morgan fingerprint density at radius 2 is 1.02 bits per heavy atom. The lowest BCUT2D eigenvalue weighted by Gasteiger charge is -2.09. The molecule has 0 heterocycles. The summed E-state index contributed by atoms with van der Waals surface area (Å²) < 4.78 is 10.3. The number of nitrogens with zero attached hydrogens (tertiary/aromatic N) is 4. The summed E-state index contributed by atoms with van der Waals surface area (Å²) in [7, 11) is 2.55. The highest BCUT2D eigenvalue weighted by molar-refractivity contribution is 6.17. The van der Waals surface area contributed by atoms with Crippen LogP contribution in [-0.4, -0.2) is 26.2 Å². The first kappa shape index (κ1) is 32.9. The monoisotopic (exact) mass is 630 g/mol. The molecule has 0 saturated carbocycles. The second kappa shape index (κ2) is 13.1. The SMILES string of the molecule is COC(=O)c1cc(C2=C(C#N)C(=C(C#N)C#N)C(c3cc(C(=O)OC)c4cc(C(C)C)cccc3-4)=C2C#N)c2cccc(C(C)C)cc1-2. The van der Waals surface area contributed by atoms with Gasteiger partial charge in [-0.05, 0) is 68.5 Å². The minimum atomic E-state index is -0.609. The van der Waals surface area contributed by atoms with Gasteiger partial charge in [0.25, 0.3) is 0 Å². The van der Waals surface area contributed by atoms with Crippen molar-refractivity contribution < 1.29 is 19.1 Å². The molecule has 0 bridgehead atoms. The van der Waals surface area contributed by atoms with Gasteiger partial charge in [0.1, 0.15) is 29.8 Å². The summed E-state index contributed by atoms with van der Waals surface area (Å²) in [6.45, 7) is 8.10. The van der Waals surface area contributed by atoms with Gasteiger partial charge in [0.2, 0.25) is 0 Å². The first-order chi connectivity index (χ1) is 23.1. The van der Waals surface area contributed by atoms with Crippen molar-refractivity contribution >= 4 is 23.1 Å². The summed E-state index contributed by atoms with van der Waals surface area (Å²) in [6, 6.07) is 26.3. The summed E-state index contributed by atoms with van der Waals surface area (Å²) in [5.74, 6) is -0.964. The molecule has 5 aliphatic carbocycles. The number of nitriles is 4. The van der Waals surface area contributed by atoms with Crippen LogP contribution in [0.3, 0.4) is 0 Å². The summed E-state index contributed by atoms with van der Waals surface area (Å²) in [5.41, 5.74) is 5.27. The molecule has 5 aliphatic rings. The number of esters is 2. The van der Waals surface area contributed by atoms with Crippen LogP contribution in [0.2, 0.25) is 0 Å². The van der Waals surface area contributed by atoms with Crippen LogP contribution in [0.4, 0.5) is 0 Å². The lowest BCUT2D eigenvalue weighted by atomic mass is 9.91. The van der Waals surface area contributed by atoms with Gasteiger partial charge in [-0.25, -0.2) is 9.59 Å². The normalized spacial score (nSPS) is 12.6. The lowest BCUT2D eigenvalue weighted by Crippen LogP contribution is -2.00. The number of allylic oxidation sites excluding steroid dienone is 6. The number of ether oxygens (including phenoxy) is 2. The van der Waals surface area contributed by atoms with E-state index in [2.05, 4.69) is 12.1 Å². The van der Waals surface area contributed by atoms with Crippen LogP contribution in [0.25, 0.3) is 33.4 Å². The minimum Gasteiger partial charge on any atom is -0.465 e. The van der Waals surface area contributed by atoms with Crippen molar-refractivity contribution in [2.24, 2.45) is 0 Å². The van der Waals surface area contributed by atoms with Crippen LogP contribution in [0, 0.1) is 45.3 Å². The van der Waals surface area contributed by atoms with E-state index in [9.17, 15) is 30.6 Å². The Labute approximate surface area is 279 Å². The highest BCUT2D eigenvalue weighted by atomic mass is 16.5. The number of hydrogen-bond acceptors (Lipinski definition) is 8. The number of fused-ring (bicyclic) bond motifs is 2. The van der Waals surface area contributed by atoms with Gasteiger partial charge < -0.3 is 9.47 Å². The van der Waals surface area contributed by atoms with E-state index >= 15 is 0 Å². The Bertz CT molecular complexity index is 2220. The minimum absolute atomic E-state index is 0.0161. The first-order valence-corrected chi connectivity index (χ1v) is 15.2. The number of carbonyl (C=O) groups is 2. The van der Waals surface area contributed by atoms with Crippen molar-refractivity contribution in [1.82, 2.24) is 0 Å².